The third kappa shape index (κ3) is 1.77. The molecule has 0 bridgehead atoms. The van der Waals surface area contributed by atoms with Crippen LogP contribution in [0.2, 0.25) is 0 Å². The third-order valence-electron chi connectivity index (χ3n) is 2.50. The van der Waals surface area contributed by atoms with E-state index in [4.69, 9.17) is 5.11 Å². The quantitative estimate of drug-likeness (QED) is 0.726. The minimum atomic E-state index is -3.39. The van der Waals surface area contributed by atoms with Gasteiger partial charge in [-0.2, -0.15) is 9.40 Å². The van der Waals surface area contributed by atoms with Gasteiger partial charge in [-0.15, -0.1) is 0 Å². The molecule has 0 amide bonds. The van der Waals surface area contributed by atoms with Crippen LogP contribution in [0.3, 0.4) is 0 Å². The first-order valence-corrected chi connectivity index (χ1v) is 6.07. The van der Waals surface area contributed by atoms with Gasteiger partial charge in [-0.25, -0.2) is 8.42 Å². The average Bonchev–Trinajstić information content (AvgIpc) is 2.50. The Balaban J connectivity index is 2.15. The largest absolute Gasteiger partial charge is 0.396 e. The van der Waals surface area contributed by atoms with Crippen LogP contribution >= 0.6 is 0 Å². The molecule has 1 saturated heterocycles. The molecular weight excluding hydrogens is 218 g/mol. The van der Waals surface area contributed by atoms with Crippen molar-refractivity contribution in [1.82, 2.24) is 14.1 Å². The molecule has 2 rings (SSSR count). The molecule has 0 aromatic carbocycles. The molecule has 1 aliphatic rings. The Morgan fingerprint density at radius 3 is 2.73 bits per heavy atom. The van der Waals surface area contributed by atoms with E-state index in [9.17, 15) is 8.42 Å². The highest BCUT2D eigenvalue weighted by atomic mass is 32.2. The smallest absolute Gasteiger partial charge is 0.246 e. The van der Waals surface area contributed by atoms with Crippen LogP contribution in [0.25, 0.3) is 0 Å². The van der Waals surface area contributed by atoms with Crippen molar-refractivity contribution in [3.63, 3.8) is 0 Å². The van der Waals surface area contributed by atoms with Crippen LogP contribution in [0.1, 0.15) is 0 Å². The van der Waals surface area contributed by atoms with Crippen molar-refractivity contribution in [2.24, 2.45) is 13.0 Å². The maximum atomic E-state index is 11.9. The summed E-state index contributed by atoms with van der Waals surface area (Å²) >= 11 is 0. The van der Waals surface area contributed by atoms with Gasteiger partial charge in [0, 0.05) is 38.9 Å². The molecule has 1 aromatic heterocycles. The van der Waals surface area contributed by atoms with Gasteiger partial charge in [0.15, 0.2) is 0 Å². The lowest BCUT2D eigenvalue weighted by Crippen LogP contribution is -2.51. The summed E-state index contributed by atoms with van der Waals surface area (Å²) in [5.74, 6) is 0.0800. The average molecular weight is 231 g/mol. The fraction of sp³-hybridized carbons (Fsp3) is 0.625. The van der Waals surface area contributed by atoms with E-state index in [-0.39, 0.29) is 17.4 Å². The predicted octanol–water partition coefficient (Wildman–Crippen LogP) is -0.967. The van der Waals surface area contributed by atoms with Crippen molar-refractivity contribution in [3.05, 3.63) is 12.4 Å². The Labute approximate surface area is 88.2 Å². The molecule has 1 aliphatic heterocycles. The van der Waals surface area contributed by atoms with Crippen LogP contribution in [-0.4, -0.2) is 47.3 Å². The molecule has 0 atom stereocenters. The van der Waals surface area contributed by atoms with E-state index >= 15 is 0 Å². The fourth-order valence-electron chi connectivity index (χ4n) is 1.52. The van der Waals surface area contributed by atoms with Gasteiger partial charge in [-0.1, -0.05) is 0 Å². The first kappa shape index (κ1) is 10.6. The minimum absolute atomic E-state index is 0.0407. The molecule has 6 nitrogen and oxygen atoms in total. The molecule has 0 radical (unpaired) electrons. The molecule has 0 spiro atoms. The highest BCUT2D eigenvalue weighted by Gasteiger charge is 2.36. The zero-order valence-corrected chi connectivity index (χ0v) is 9.18. The van der Waals surface area contributed by atoms with Crippen molar-refractivity contribution < 1.29 is 13.5 Å². The number of aliphatic hydroxyl groups excluding tert-OH is 1. The molecule has 0 unspecified atom stereocenters. The van der Waals surface area contributed by atoms with Gasteiger partial charge in [0.05, 0.1) is 6.20 Å². The normalized spacial score (nSPS) is 19.1. The van der Waals surface area contributed by atoms with Gasteiger partial charge in [0.2, 0.25) is 10.0 Å². The highest BCUT2D eigenvalue weighted by Crippen LogP contribution is 2.23. The van der Waals surface area contributed by atoms with Gasteiger partial charge in [-0.05, 0) is 0 Å². The standard InChI is InChI=1S/C8H13N3O3S/c1-10-5-8(2-9-10)15(13,14)11-3-7(4-11)6-12/h2,5,7,12H,3-4,6H2,1H3. The van der Waals surface area contributed by atoms with Gasteiger partial charge in [0.25, 0.3) is 0 Å². The Kier molecular flexibility index (Phi) is 2.53. The summed E-state index contributed by atoms with van der Waals surface area (Å²) in [7, 11) is -1.71. The molecule has 2 heterocycles. The van der Waals surface area contributed by atoms with Crippen LogP contribution in [0.5, 0.6) is 0 Å². The Morgan fingerprint density at radius 1 is 1.60 bits per heavy atom. The van der Waals surface area contributed by atoms with E-state index in [0.29, 0.717) is 13.1 Å². The highest BCUT2D eigenvalue weighted by molar-refractivity contribution is 7.89. The topological polar surface area (TPSA) is 75.4 Å². The van der Waals surface area contributed by atoms with Crippen molar-refractivity contribution in [2.45, 2.75) is 4.90 Å². The second kappa shape index (κ2) is 3.58. The summed E-state index contributed by atoms with van der Waals surface area (Å²) in [4.78, 5) is 0.210. The number of aryl methyl sites for hydroxylation is 1. The predicted molar refractivity (Wildman–Crippen MR) is 52.5 cm³/mol. The van der Waals surface area contributed by atoms with Crippen molar-refractivity contribution in [2.75, 3.05) is 19.7 Å². The number of rotatable bonds is 3. The minimum Gasteiger partial charge on any atom is -0.396 e. The first-order valence-electron chi connectivity index (χ1n) is 4.63. The summed E-state index contributed by atoms with van der Waals surface area (Å²) in [6, 6.07) is 0. The van der Waals surface area contributed by atoms with E-state index in [2.05, 4.69) is 5.10 Å². The van der Waals surface area contributed by atoms with Crippen LogP contribution in [0.15, 0.2) is 17.3 Å². The Hall–Kier alpha value is -0.920. The molecule has 1 fully saturated rings. The molecule has 7 heteroatoms. The lowest BCUT2D eigenvalue weighted by molar-refractivity contribution is 0.117. The Morgan fingerprint density at radius 2 is 2.27 bits per heavy atom. The van der Waals surface area contributed by atoms with Crippen molar-refractivity contribution in [1.29, 1.82) is 0 Å². The fourth-order valence-corrected chi connectivity index (χ4v) is 3.09. The third-order valence-corrected chi connectivity index (χ3v) is 4.29. The van der Waals surface area contributed by atoms with Gasteiger partial charge in [0.1, 0.15) is 4.90 Å². The maximum absolute atomic E-state index is 11.9. The summed E-state index contributed by atoms with van der Waals surface area (Å²) < 4.78 is 26.6. The van der Waals surface area contributed by atoms with Crippen molar-refractivity contribution >= 4 is 10.0 Å². The SMILES string of the molecule is Cn1cc(S(=O)(=O)N2CC(CO)C2)cn1. The second-order valence-corrected chi connectivity index (χ2v) is 5.66. The van der Waals surface area contributed by atoms with E-state index in [1.165, 1.54) is 21.4 Å². The summed E-state index contributed by atoms with van der Waals surface area (Å²) in [5, 5.41) is 12.6. The van der Waals surface area contributed by atoms with E-state index in [1.807, 2.05) is 0 Å². The lowest BCUT2D eigenvalue weighted by Gasteiger charge is -2.36. The van der Waals surface area contributed by atoms with Gasteiger partial charge in [-0.3, -0.25) is 4.68 Å². The first-order chi connectivity index (χ1) is 7.04. The molecular formula is C8H13N3O3S. The zero-order valence-electron chi connectivity index (χ0n) is 8.37. The van der Waals surface area contributed by atoms with E-state index in [1.54, 1.807) is 7.05 Å². The van der Waals surface area contributed by atoms with E-state index < -0.39 is 10.0 Å². The number of sulfonamides is 1. The van der Waals surface area contributed by atoms with Gasteiger partial charge >= 0.3 is 0 Å². The molecule has 1 aromatic rings. The molecule has 0 saturated carbocycles. The number of aliphatic hydroxyl groups is 1. The maximum Gasteiger partial charge on any atom is 0.246 e. The Bertz CT molecular complexity index is 447. The number of hydrogen-bond acceptors (Lipinski definition) is 4. The number of nitrogens with zero attached hydrogens (tertiary/aromatic N) is 3. The van der Waals surface area contributed by atoms with Crippen LogP contribution in [0, 0.1) is 5.92 Å². The monoisotopic (exact) mass is 231 g/mol. The zero-order chi connectivity index (χ0) is 11.1. The van der Waals surface area contributed by atoms with Crippen LogP contribution in [0.4, 0.5) is 0 Å². The van der Waals surface area contributed by atoms with Crippen LogP contribution in [-0.2, 0) is 17.1 Å². The number of aromatic nitrogens is 2. The second-order valence-electron chi connectivity index (χ2n) is 3.72. The van der Waals surface area contributed by atoms with Gasteiger partial charge < -0.3 is 5.11 Å². The summed E-state index contributed by atoms with van der Waals surface area (Å²) in [5.41, 5.74) is 0. The summed E-state index contributed by atoms with van der Waals surface area (Å²) in [6.07, 6.45) is 2.81. The molecule has 0 aliphatic carbocycles. The molecule has 84 valence electrons. The van der Waals surface area contributed by atoms with E-state index in [0.717, 1.165) is 0 Å². The van der Waals surface area contributed by atoms with Crippen molar-refractivity contribution in [3.8, 4) is 0 Å². The lowest BCUT2D eigenvalue weighted by atomic mass is 10.1. The molecule has 1 N–H and O–H groups in total. The van der Waals surface area contributed by atoms with Crippen LogP contribution < -0.4 is 0 Å². The number of hydrogen-bond donors (Lipinski definition) is 1. The molecule has 15 heavy (non-hydrogen) atoms. The summed E-state index contributed by atoms with van der Waals surface area (Å²) in [6.45, 7) is 0.834.